The van der Waals surface area contributed by atoms with Crippen molar-refractivity contribution in [1.82, 2.24) is 4.98 Å². The Morgan fingerprint density at radius 3 is 2.65 bits per heavy atom. The highest BCUT2D eigenvalue weighted by Gasteiger charge is 2.31. The second-order valence-corrected chi connectivity index (χ2v) is 7.04. The van der Waals surface area contributed by atoms with Crippen molar-refractivity contribution in [2.75, 3.05) is 0 Å². The van der Waals surface area contributed by atoms with Gasteiger partial charge in [0.25, 0.3) is 0 Å². The largest absolute Gasteiger partial charge is 0.438 e. The molecular formula is C17H14ClNO3S. The summed E-state index contributed by atoms with van der Waals surface area (Å²) in [6.07, 6.45) is 2.29. The fraction of sp³-hybridized carbons (Fsp3) is 0.235. The number of aryl methyl sites for hydroxylation is 1. The van der Waals surface area contributed by atoms with E-state index >= 15 is 0 Å². The zero-order valence-electron chi connectivity index (χ0n) is 12.4. The van der Waals surface area contributed by atoms with E-state index in [0.29, 0.717) is 23.1 Å². The van der Waals surface area contributed by atoms with Crippen LogP contribution in [0.2, 0.25) is 5.02 Å². The predicted octanol–water partition coefficient (Wildman–Crippen LogP) is 3.98. The van der Waals surface area contributed by atoms with Gasteiger partial charge in [0.15, 0.2) is 10.9 Å². The van der Waals surface area contributed by atoms with Crippen LogP contribution in [-0.4, -0.2) is 21.1 Å². The van der Waals surface area contributed by atoms with E-state index in [1.807, 2.05) is 19.1 Å². The molecule has 1 aromatic heterocycles. The number of benzene rings is 1. The Morgan fingerprint density at radius 2 is 2.04 bits per heavy atom. The summed E-state index contributed by atoms with van der Waals surface area (Å²) in [5, 5.41) is 0.156. The lowest BCUT2D eigenvalue weighted by Crippen LogP contribution is -2.13. The minimum atomic E-state index is -0.262. The van der Waals surface area contributed by atoms with Crippen molar-refractivity contribution in [1.29, 1.82) is 0 Å². The fourth-order valence-electron chi connectivity index (χ4n) is 2.29. The van der Waals surface area contributed by atoms with Crippen LogP contribution in [0, 0.1) is 6.92 Å². The van der Waals surface area contributed by atoms with Crippen molar-refractivity contribution in [3.63, 3.8) is 0 Å². The number of Topliss-reactive ketones (excluding diaryl/α,β-unsaturated/α-hetero) is 1. The molecule has 0 aliphatic carbocycles. The quantitative estimate of drug-likeness (QED) is 0.783. The third-order valence-electron chi connectivity index (χ3n) is 3.45. The molecule has 4 nitrogen and oxygen atoms in total. The second kappa shape index (κ2) is 6.72. The van der Waals surface area contributed by atoms with Crippen molar-refractivity contribution < 1.29 is 14.3 Å². The first-order chi connectivity index (χ1) is 11.0. The number of thioether (sulfide) groups is 1. The van der Waals surface area contributed by atoms with Gasteiger partial charge in [0.2, 0.25) is 5.88 Å². The molecule has 0 bridgehead atoms. The Bertz CT molecular complexity index is 761. The van der Waals surface area contributed by atoms with Gasteiger partial charge in [-0.2, -0.15) is 0 Å². The molecule has 1 aliphatic heterocycles. The van der Waals surface area contributed by atoms with E-state index in [-0.39, 0.29) is 22.6 Å². The molecule has 1 unspecified atom stereocenters. The summed E-state index contributed by atoms with van der Waals surface area (Å²) < 4.78 is 5.66. The van der Waals surface area contributed by atoms with Crippen LogP contribution in [0.5, 0.6) is 11.6 Å². The molecule has 1 atom stereocenters. The summed E-state index contributed by atoms with van der Waals surface area (Å²) in [5.74, 6) is 0.988. The zero-order chi connectivity index (χ0) is 16.4. The average Bonchev–Trinajstić information content (AvgIpc) is 2.82. The van der Waals surface area contributed by atoms with Crippen molar-refractivity contribution in [2.24, 2.45) is 0 Å². The van der Waals surface area contributed by atoms with Crippen LogP contribution in [0.3, 0.4) is 0 Å². The highest BCUT2D eigenvalue weighted by Crippen LogP contribution is 2.30. The standard InChI is InChI=1S/C17H14ClNO3S/c1-10-6-13(18)17(19-9-10)22-12-4-2-11(3-5-12)7-15-14(20)8-16(21)23-15/h2-6,9,15H,7-8H2,1H3. The van der Waals surface area contributed by atoms with E-state index in [1.54, 1.807) is 24.4 Å². The maximum absolute atomic E-state index is 11.7. The van der Waals surface area contributed by atoms with E-state index in [1.165, 1.54) is 0 Å². The van der Waals surface area contributed by atoms with Crippen LogP contribution in [0.1, 0.15) is 17.5 Å². The summed E-state index contributed by atoms with van der Waals surface area (Å²) in [6, 6.07) is 9.17. The molecule has 0 radical (unpaired) electrons. The Morgan fingerprint density at radius 1 is 1.30 bits per heavy atom. The van der Waals surface area contributed by atoms with Gasteiger partial charge < -0.3 is 4.74 Å². The molecule has 2 heterocycles. The fourth-order valence-corrected chi connectivity index (χ4v) is 3.59. The highest BCUT2D eigenvalue weighted by atomic mass is 35.5. The number of aromatic nitrogens is 1. The zero-order valence-corrected chi connectivity index (χ0v) is 14.0. The first kappa shape index (κ1) is 16.0. The molecule has 2 aromatic rings. The smallest absolute Gasteiger partial charge is 0.238 e. The first-order valence-electron chi connectivity index (χ1n) is 7.12. The average molecular weight is 348 g/mol. The first-order valence-corrected chi connectivity index (χ1v) is 8.38. The summed E-state index contributed by atoms with van der Waals surface area (Å²) >= 11 is 7.23. The lowest BCUT2D eigenvalue weighted by atomic mass is 10.1. The van der Waals surface area contributed by atoms with Crippen molar-refractivity contribution in [2.45, 2.75) is 25.0 Å². The van der Waals surface area contributed by atoms with E-state index in [0.717, 1.165) is 22.9 Å². The normalized spacial score (nSPS) is 17.6. The Hall–Kier alpha value is -1.85. The number of ether oxygens (including phenoxy) is 1. The van der Waals surface area contributed by atoms with E-state index in [2.05, 4.69) is 4.98 Å². The summed E-state index contributed by atoms with van der Waals surface area (Å²) in [4.78, 5) is 27.1. The molecule has 0 spiro atoms. The lowest BCUT2D eigenvalue weighted by molar-refractivity contribution is -0.121. The van der Waals surface area contributed by atoms with E-state index in [9.17, 15) is 9.59 Å². The maximum atomic E-state index is 11.7. The Balaban J connectivity index is 1.67. The minimum Gasteiger partial charge on any atom is -0.438 e. The molecule has 1 saturated heterocycles. The molecule has 6 heteroatoms. The number of hydrogen-bond donors (Lipinski definition) is 0. The number of carbonyl (C=O) groups is 2. The van der Waals surface area contributed by atoms with Gasteiger partial charge in [0.05, 0.1) is 11.7 Å². The monoisotopic (exact) mass is 347 g/mol. The molecule has 23 heavy (non-hydrogen) atoms. The predicted molar refractivity (Wildman–Crippen MR) is 90.2 cm³/mol. The van der Waals surface area contributed by atoms with Gasteiger partial charge in [-0.3, -0.25) is 9.59 Å². The number of hydrogen-bond acceptors (Lipinski definition) is 5. The molecule has 1 fully saturated rings. The van der Waals surface area contributed by atoms with Gasteiger partial charge in [0.1, 0.15) is 10.8 Å². The van der Waals surface area contributed by atoms with Crippen molar-refractivity contribution in [3.05, 3.63) is 52.7 Å². The second-order valence-electron chi connectivity index (χ2n) is 5.37. The van der Waals surface area contributed by atoms with E-state index in [4.69, 9.17) is 16.3 Å². The third-order valence-corrected chi connectivity index (χ3v) is 4.85. The van der Waals surface area contributed by atoms with E-state index < -0.39 is 0 Å². The van der Waals surface area contributed by atoms with Gasteiger partial charge in [-0.25, -0.2) is 4.98 Å². The van der Waals surface area contributed by atoms with Crippen molar-refractivity contribution in [3.8, 4) is 11.6 Å². The van der Waals surface area contributed by atoms with Gasteiger partial charge in [0, 0.05) is 6.20 Å². The summed E-state index contributed by atoms with van der Waals surface area (Å²) in [6.45, 7) is 1.91. The molecule has 0 N–H and O–H groups in total. The third kappa shape index (κ3) is 3.92. The Kier molecular flexibility index (Phi) is 4.68. The number of carbonyl (C=O) groups excluding carboxylic acids is 2. The molecule has 3 rings (SSSR count). The SMILES string of the molecule is Cc1cnc(Oc2ccc(CC3SC(=O)CC3=O)cc2)c(Cl)c1. The molecule has 0 saturated carbocycles. The number of rotatable bonds is 4. The van der Waals surface area contributed by atoms with Gasteiger partial charge >= 0.3 is 0 Å². The topological polar surface area (TPSA) is 56.3 Å². The molecule has 0 amide bonds. The van der Waals surface area contributed by atoms with Gasteiger partial charge in [-0.15, -0.1) is 0 Å². The Labute approximate surface area is 143 Å². The molecular weight excluding hydrogens is 334 g/mol. The van der Waals surface area contributed by atoms with Gasteiger partial charge in [-0.05, 0) is 42.7 Å². The van der Waals surface area contributed by atoms with Crippen LogP contribution >= 0.6 is 23.4 Å². The van der Waals surface area contributed by atoms with Gasteiger partial charge in [-0.1, -0.05) is 35.5 Å². The van der Waals surface area contributed by atoms with Crippen LogP contribution < -0.4 is 4.74 Å². The summed E-state index contributed by atoms with van der Waals surface area (Å²) in [5.41, 5.74) is 1.95. The lowest BCUT2D eigenvalue weighted by Gasteiger charge is -2.09. The van der Waals surface area contributed by atoms with Crippen LogP contribution in [0.4, 0.5) is 0 Å². The molecule has 1 aromatic carbocycles. The number of halogens is 1. The van der Waals surface area contributed by atoms with Crippen LogP contribution in [-0.2, 0) is 16.0 Å². The number of nitrogens with zero attached hydrogens (tertiary/aromatic N) is 1. The minimum absolute atomic E-state index is 0.0102. The summed E-state index contributed by atoms with van der Waals surface area (Å²) in [7, 11) is 0. The van der Waals surface area contributed by atoms with Crippen molar-refractivity contribution >= 4 is 34.3 Å². The van der Waals surface area contributed by atoms with Crippen LogP contribution in [0.15, 0.2) is 36.5 Å². The molecule has 1 aliphatic rings. The molecule has 118 valence electrons. The van der Waals surface area contributed by atoms with Crippen LogP contribution in [0.25, 0.3) is 0 Å². The maximum Gasteiger partial charge on any atom is 0.238 e. The number of pyridine rings is 1. The highest BCUT2D eigenvalue weighted by molar-refractivity contribution is 8.15. The number of ketones is 1.